The van der Waals surface area contributed by atoms with Gasteiger partial charge in [-0.2, -0.15) is 13.2 Å². The van der Waals surface area contributed by atoms with Crippen LogP contribution in [0.2, 0.25) is 0 Å². The topological polar surface area (TPSA) is 23.5 Å². The Hall–Kier alpha value is -2.60. The van der Waals surface area contributed by atoms with Crippen molar-refractivity contribution < 1.29 is 18.3 Å². The van der Waals surface area contributed by atoms with Crippen molar-refractivity contribution in [3.05, 3.63) is 77.9 Å². The van der Waals surface area contributed by atoms with Crippen molar-refractivity contribution >= 4 is 17.6 Å². The number of phenols is 1. The molecule has 0 bridgehead atoms. The summed E-state index contributed by atoms with van der Waals surface area (Å²) in [5.74, 6) is 0.850. The lowest BCUT2D eigenvalue weighted by Gasteiger charge is -2.25. The fraction of sp³-hybridized carbons (Fsp3) is 0.308. The molecule has 0 heterocycles. The molecule has 0 aliphatic heterocycles. The quantitative estimate of drug-likeness (QED) is 0.343. The second-order valence-corrected chi connectivity index (χ2v) is 9.16. The zero-order valence-electron chi connectivity index (χ0n) is 18.5. The molecule has 0 fully saturated rings. The molecule has 32 heavy (non-hydrogen) atoms. The Kier molecular flexibility index (Phi) is 7.77. The van der Waals surface area contributed by atoms with Gasteiger partial charge in [0, 0.05) is 17.1 Å². The Bertz CT molecular complexity index is 1030. The summed E-state index contributed by atoms with van der Waals surface area (Å²) >= 11 is 1.60. The summed E-state index contributed by atoms with van der Waals surface area (Å²) in [5.41, 5.74) is 2.77. The third kappa shape index (κ3) is 6.22. The van der Waals surface area contributed by atoms with Gasteiger partial charge in [0.05, 0.1) is 5.56 Å². The number of anilines is 1. The predicted molar refractivity (Wildman–Crippen MR) is 127 cm³/mol. The lowest BCUT2D eigenvalue weighted by Crippen LogP contribution is -2.18. The van der Waals surface area contributed by atoms with Gasteiger partial charge in [-0.15, -0.1) is 0 Å². The average Bonchev–Trinajstić information content (AvgIpc) is 2.78. The molecule has 0 saturated heterocycles. The molecule has 6 heteroatoms. The fourth-order valence-electron chi connectivity index (χ4n) is 3.27. The first kappa shape index (κ1) is 24.1. The molecule has 0 aromatic heterocycles. The van der Waals surface area contributed by atoms with E-state index >= 15 is 0 Å². The summed E-state index contributed by atoms with van der Waals surface area (Å²) in [6, 6.07) is 18.7. The number of alkyl halides is 3. The number of benzene rings is 3. The zero-order chi connectivity index (χ0) is 23.3. The molecule has 3 aromatic rings. The standard InChI is InChI=1S/C26H28F3NOS/c1-4-18(2)14-15-30(32-24-12-13-25(31)19(3)16-24)23-7-5-6-21(17-23)20-8-10-22(11-9-20)26(27,28)29/h5-13,16-18,31H,4,14-15H2,1-3H3. The number of hydrogen-bond acceptors (Lipinski definition) is 3. The van der Waals surface area contributed by atoms with Gasteiger partial charge in [0.1, 0.15) is 5.75 Å². The summed E-state index contributed by atoms with van der Waals surface area (Å²) in [6.45, 7) is 7.10. The van der Waals surface area contributed by atoms with Crippen LogP contribution in [0.4, 0.5) is 18.9 Å². The van der Waals surface area contributed by atoms with Crippen LogP contribution in [0.3, 0.4) is 0 Å². The molecule has 0 aliphatic rings. The normalized spacial score (nSPS) is 12.6. The first-order valence-corrected chi connectivity index (χ1v) is 11.5. The van der Waals surface area contributed by atoms with Gasteiger partial charge in [-0.1, -0.05) is 44.5 Å². The van der Waals surface area contributed by atoms with Crippen LogP contribution in [0.5, 0.6) is 5.75 Å². The van der Waals surface area contributed by atoms with Crippen LogP contribution in [0.25, 0.3) is 11.1 Å². The maximum atomic E-state index is 12.9. The monoisotopic (exact) mass is 459 g/mol. The molecule has 0 spiro atoms. The SMILES string of the molecule is CCC(C)CCN(Sc1ccc(O)c(C)c1)c1cccc(-c2ccc(C(F)(F)F)cc2)c1. The van der Waals surface area contributed by atoms with E-state index in [2.05, 4.69) is 18.2 Å². The highest BCUT2D eigenvalue weighted by molar-refractivity contribution is 8.00. The number of nitrogens with zero attached hydrogens (tertiary/aromatic N) is 1. The molecule has 170 valence electrons. The molecule has 1 N–H and O–H groups in total. The second-order valence-electron chi connectivity index (χ2n) is 8.07. The lowest BCUT2D eigenvalue weighted by molar-refractivity contribution is -0.137. The number of rotatable bonds is 8. The van der Waals surface area contributed by atoms with Crippen LogP contribution in [0, 0.1) is 12.8 Å². The number of aryl methyl sites for hydroxylation is 1. The molecule has 1 atom stereocenters. The Labute approximate surface area is 192 Å². The van der Waals surface area contributed by atoms with Gasteiger partial charge in [-0.05, 0) is 90.4 Å². The molecular weight excluding hydrogens is 431 g/mol. The van der Waals surface area contributed by atoms with E-state index in [9.17, 15) is 18.3 Å². The van der Waals surface area contributed by atoms with Gasteiger partial charge in [-0.25, -0.2) is 0 Å². The van der Waals surface area contributed by atoms with Crippen LogP contribution in [0.1, 0.15) is 37.8 Å². The van der Waals surface area contributed by atoms with Crippen molar-refractivity contribution in [1.82, 2.24) is 0 Å². The highest BCUT2D eigenvalue weighted by Crippen LogP contribution is 2.35. The van der Waals surface area contributed by atoms with Gasteiger partial charge in [0.15, 0.2) is 0 Å². The van der Waals surface area contributed by atoms with Crippen molar-refractivity contribution in [3.63, 3.8) is 0 Å². The van der Waals surface area contributed by atoms with E-state index in [1.54, 1.807) is 18.0 Å². The third-order valence-corrected chi connectivity index (χ3v) is 6.66. The Balaban J connectivity index is 1.89. The lowest BCUT2D eigenvalue weighted by atomic mass is 10.0. The molecule has 2 nitrogen and oxygen atoms in total. The maximum Gasteiger partial charge on any atom is 0.416 e. The Morgan fingerprint density at radius 2 is 1.69 bits per heavy atom. The second kappa shape index (κ2) is 10.3. The first-order chi connectivity index (χ1) is 15.2. The van der Waals surface area contributed by atoms with Crippen LogP contribution in [0.15, 0.2) is 71.6 Å². The van der Waals surface area contributed by atoms with Crippen LogP contribution in [-0.4, -0.2) is 11.7 Å². The van der Waals surface area contributed by atoms with E-state index in [1.807, 2.05) is 43.3 Å². The summed E-state index contributed by atoms with van der Waals surface area (Å²) < 4.78 is 40.9. The smallest absolute Gasteiger partial charge is 0.416 e. The third-order valence-electron chi connectivity index (χ3n) is 5.59. The predicted octanol–water partition coefficient (Wildman–Crippen LogP) is 8.34. The Morgan fingerprint density at radius 1 is 0.969 bits per heavy atom. The van der Waals surface area contributed by atoms with Crippen LogP contribution < -0.4 is 4.31 Å². The van der Waals surface area contributed by atoms with E-state index in [0.717, 1.165) is 58.8 Å². The van der Waals surface area contributed by atoms with E-state index in [0.29, 0.717) is 5.92 Å². The van der Waals surface area contributed by atoms with Crippen molar-refractivity contribution in [2.75, 3.05) is 10.8 Å². The summed E-state index contributed by atoms with van der Waals surface area (Å²) in [5, 5.41) is 9.84. The fourth-order valence-corrected chi connectivity index (χ4v) is 4.30. The molecule has 0 saturated carbocycles. The molecule has 0 radical (unpaired) electrons. The summed E-state index contributed by atoms with van der Waals surface area (Å²) in [7, 11) is 0. The molecule has 0 aliphatic carbocycles. The van der Waals surface area contributed by atoms with Gasteiger partial charge in [-0.3, -0.25) is 0 Å². The molecule has 0 amide bonds. The molecule has 3 aromatic carbocycles. The van der Waals surface area contributed by atoms with E-state index in [1.165, 1.54) is 12.1 Å². The average molecular weight is 460 g/mol. The number of aromatic hydroxyl groups is 1. The van der Waals surface area contributed by atoms with Crippen molar-refractivity contribution in [3.8, 4) is 16.9 Å². The van der Waals surface area contributed by atoms with Gasteiger partial charge < -0.3 is 9.41 Å². The van der Waals surface area contributed by atoms with Crippen LogP contribution in [-0.2, 0) is 6.18 Å². The zero-order valence-corrected chi connectivity index (χ0v) is 19.3. The minimum absolute atomic E-state index is 0.268. The highest BCUT2D eigenvalue weighted by atomic mass is 32.2. The van der Waals surface area contributed by atoms with Crippen molar-refractivity contribution in [2.45, 2.75) is 44.7 Å². The van der Waals surface area contributed by atoms with E-state index in [-0.39, 0.29) is 5.75 Å². The minimum atomic E-state index is -4.34. The van der Waals surface area contributed by atoms with Crippen molar-refractivity contribution in [1.29, 1.82) is 0 Å². The number of hydrogen-bond donors (Lipinski definition) is 1. The summed E-state index contributed by atoms with van der Waals surface area (Å²) in [4.78, 5) is 1.02. The number of halogens is 3. The van der Waals surface area contributed by atoms with Gasteiger partial charge in [0.2, 0.25) is 0 Å². The molecule has 3 rings (SSSR count). The highest BCUT2D eigenvalue weighted by Gasteiger charge is 2.30. The maximum absolute atomic E-state index is 12.9. The Morgan fingerprint density at radius 3 is 2.31 bits per heavy atom. The van der Waals surface area contributed by atoms with Crippen molar-refractivity contribution in [2.24, 2.45) is 5.92 Å². The van der Waals surface area contributed by atoms with Crippen LogP contribution >= 0.6 is 11.9 Å². The van der Waals surface area contributed by atoms with Gasteiger partial charge in [0.25, 0.3) is 0 Å². The largest absolute Gasteiger partial charge is 0.508 e. The van der Waals surface area contributed by atoms with E-state index < -0.39 is 11.7 Å². The molecular formula is C26H28F3NOS. The summed E-state index contributed by atoms with van der Waals surface area (Å²) in [6.07, 6.45) is -2.22. The molecule has 1 unspecified atom stereocenters. The first-order valence-electron chi connectivity index (χ1n) is 10.7. The number of phenolic OH excluding ortho intramolecular Hbond substituents is 1. The van der Waals surface area contributed by atoms with Gasteiger partial charge >= 0.3 is 6.18 Å². The van der Waals surface area contributed by atoms with E-state index in [4.69, 9.17) is 0 Å². The minimum Gasteiger partial charge on any atom is -0.508 e.